The van der Waals surface area contributed by atoms with Gasteiger partial charge in [-0.1, -0.05) is 6.92 Å². The van der Waals surface area contributed by atoms with Crippen molar-refractivity contribution >= 4 is 21.8 Å². The third kappa shape index (κ3) is 4.51. The maximum atomic E-state index is 12.2. The zero-order valence-electron chi connectivity index (χ0n) is 11.8. The van der Waals surface area contributed by atoms with Gasteiger partial charge in [0.05, 0.1) is 4.90 Å². The molecule has 0 aromatic carbocycles. The van der Waals surface area contributed by atoms with E-state index in [1.165, 1.54) is 6.42 Å². The number of rotatable bonds is 8. The highest BCUT2D eigenvalue weighted by Gasteiger charge is 2.20. The van der Waals surface area contributed by atoms with Gasteiger partial charge in [-0.3, -0.25) is 0 Å². The minimum absolute atomic E-state index is 0.328. The summed E-state index contributed by atoms with van der Waals surface area (Å²) in [6.45, 7) is 4.23. The zero-order valence-corrected chi connectivity index (χ0v) is 13.4. The fraction of sp³-hybridized carbons (Fsp3) is 0.692. The summed E-state index contributed by atoms with van der Waals surface area (Å²) in [7, 11) is -3.38. The van der Waals surface area contributed by atoms with E-state index >= 15 is 0 Å². The number of aromatic amines is 1. The van der Waals surface area contributed by atoms with Crippen molar-refractivity contribution in [1.29, 1.82) is 0 Å². The number of hydrogen-bond acceptors (Lipinski definition) is 4. The first-order chi connectivity index (χ1) is 9.62. The van der Waals surface area contributed by atoms with E-state index in [2.05, 4.69) is 21.9 Å². The van der Waals surface area contributed by atoms with E-state index in [4.69, 9.17) is 0 Å². The number of sulfonamides is 1. The summed E-state index contributed by atoms with van der Waals surface area (Å²) in [5.74, 6) is 1.14. The molecular formula is C13H23N3O2S2. The molecule has 1 fully saturated rings. The smallest absolute Gasteiger partial charge is 0.242 e. The molecule has 7 heteroatoms. The Morgan fingerprint density at radius 1 is 1.50 bits per heavy atom. The summed E-state index contributed by atoms with van der Waals surface area (Å²) in [5.41, 5.74) is 0.897. The minimum atomic E-state index is -3.38. The molecule has 1 aliphatic heterocycles. The standard InChI is InChI=1S/C13H23N3O2S2/c1-2-5-14-8-11-7-13(10-15-11)20(17,18)16-9-12-4-3-6-19-12/h7,10,12,14-16H,2-6,8-9H2,1H3. The maximum Gasteiger partial charge on any atom is 0.242 e. The molecule has 3 N–H and O–H groups in total. The predicted octanol–water partition coefficient (Wildman–Crippen LogP) is 1.69. The van der Waals surface area contributed by atoms with Crippen LogP contribution in [0, 0.1) is 0 Å². The molecule has 0 spiro atoms. The van der Waals surface area contributed by atoms with Gasteiger partial charge in [-0.2, -0.15) is 11.8 Å². The van der Waals surface area contributed by atoms with Crippen LogP contribution < -0.4 is 10.0 Å². The van der Waals surface area contributed by atoms with Crippen LogP contribution in [0.4, 0.5) is 0 Å². The molecule has 2 rings (SSSR count). The van der Waals surface area contributed by atoms with Crippen molar-refractivity contribution in [3.8, 4) is 0 Å². The van der Waals surface area contributed by atoms with Crippen molar-refractivity contribution in [3.63, 3.8) is 0 Å². The average molecular weight is 317 g/mol. The predicted molar refractivity (Wildman–Crippen MR) is 83.5 cm³/mol. The van der Waals surface area contributed by atoms with Crippen molar-refractivity contribution in [3.05, 3.63) is 18.0 Å². The van der Waals surface area contributed by atoms with Gasteiger partial charge in [-0.25, -0.2) is 13.1 Å². The van der Waals surface area contributed by atoms with Crippen LogP contribution >= 0.6 is 11.8 Å². The van der Waals surface area contributed by atoms with Gasteiger partial charge in [-0.15, -0.1) is 0 Å². The second-order valence-electron chi connectivity index (χ2n) is 5.02. The van der Waals surface area contributed by atoms with E-state index < -0.39 is 10.0 Å². The largest absolute Gasteiger partial charge is 0.363 e. The highest BCUT2D eigenvalue weighted by Crippen LogP contribution is 2.25. The Morgan fingerprint density at radius 2 is 2.35 bits per heavy atom. The summed E-state index contributed by atoms with van der Waals surface area (Å²) >= 11 is 1.85. The third-order valence-corrected chi connectivity index (χ3v) is 6.10. The molecule has 0 amide bonds. The maximum absolute atomic E-state index is 12.2. The summed E-state index contributed by atoms with van der Waals surface area (Å²) in [6.07, 6.45) is 4.92. The number of H-pyrrole nitrogens is 1. The van der Waals surface area contributed by atoms with Crippen molar-refractivity contribution in [2.45, 2.75) is 42.9 Å². The molecule has 0 saturated carbocycles. The quantitative estimate of drug-likeness (QED) is 0.638. The molecule has 0 radical (unpaired) electrons. The fourth-order valence-electron chi connectivity index (χ4n) is 2.17. The lowest BCUT2D eigenvalue weighted by molar-refractivity contribution is 0.579. The van der Waals surface area contributed by atoms with Crippen LogP contribution in [0.2, 0.25) is 0 Å². The monoisotopic (exact) mass is 317 g/mol. The fourth-order valence-corrected chi connectivity index (χ4v) is 4.57. The number of nitrogens with one attached hydrogen (secondary N) is 3. The van der Waals surface area contributed by atoms with Gasteiger partial charge in [0.15, 0.2) is 0 Å². The normalized spacial score (nSPS) is 19.6. The van der Waals surface area contributed by atoms with E-state index in [0.29, 0.717) is 23.2 Å². The summed E-state index contributed by atoms with van der Waals surface area (Å²) in [4.78, 5) is 3.34. The summed E-state index contributed by atoms with van der Waals surface area (Å²) in [6, 6.07) is 1.70. The first kappa shape index (κ1) is 15.9. The average Bonchev–Trinajstić information content (AvgIpc) is 3.08. The van der Waals surface area contributed by atoms with Gasteiger partial charge in [0, 0.05) is 30.2 Å². The van der Waals surface area contributed by atoms with E-state index in [9.17, 15) is 8.42 Å². The number of thioether (sulfide) groups is 1. The van der Waals surface area contributed by atoms with Crippen LogP contribution in [0.3, 0.4) is 0 Å². The minimum Gasteiger partial charge on any atom is -0.363 e. The van der Waals surface area contributed by atoms with Crippen LogP contribution in [-0.4, -0.2) is 37.5 Å². The third-order valence-electron chi connectivity index (χ3n) is 3.29. The molecule has 1 aliphatic rings. The topological polar surface area (TPSA) is 74.0 Å². The van der Waals surface area contributed by atoms with E-state index in [1.54, 1.807) is 12.3 Å². The molecular weight excluding hydrogens is 294 g/mol. The Kier molecular flexibility index (Phi) is 5.95. The second kappa shape index (κ2) is 7.49. The van der Waals surface area contributed by atoms with Gasteiger partial charge >= 0.3 is 0 Å². The van der Waals surface area contributed by atoms with E-state index in [0.717, 1.165) is 30.8 Å². The van der Waals surface area contributed by atoms with Gasteiger partial charge < -0.3 is 10.3 Å². The molecule has 1 atom stereocenters. The molecule has 5 nitrogen and oxygen atoms in total. The molecule has 1 aromatic heterocycles. The van der Waals surface area contributed by atoms with E-state index in [-0.39, 0.29) is 0 Å². The molecule has 1 aromatic rings. The van der Waals surface area contributed by atoms with Crippen molar-refractivity contribution in [2.24, 2.45) is 0 Å². The van der Waals surface area contributed by atoms with Crippen molar-refractivity contribution < 1.29 is 8.42 Å². The lowest BCUT2D eigenvalue weighted by Crippen LogP contribution is -2.29. The summed E-state index contributed by atoms with van der Waals surface area (Å²) < 4.78 is 27.1. The number of aromatic nitrogens is 1. The zero-order chi connectivity index (χ0) is 14.4. The highest BCUT2D eigenvalue weighted by molar-refractivity contribution is 8.00. The molecule has 2 heterocycles. The molecule has 0 bridgehead atoms. The Bertz CT molecular complexity index is 507. The molecule has 1 unspecified atom stereocenters. The van der Waals surface area contributed by atoms with Crippen LogP contribution in [0.15, 0.2) is 17.2 Å². The Balaban J connectivity index is 1.88. The lowest BCUT2D eigenvalue weighted by Gasteiger charge is -2.09. The van der Waals surface area contributed by atoms with Crippen molar-refractivity contribution in [1.82, 2.24) is 15.0 Å². The SMILES string of the molecule is CCCNCc1cc(S(=O)(=O)NCC2CCCS2)c[nH]1. The van der Waals surface area contributed by atoms with E-state index in [1.807, 2.05) is 11.8 Å². The van der Waals surface area contributed by atoms with Crippen LogP contribution in [0.1, 0.15) is 31.9 Å². The Hall–Kier alpha value is -0.500. The van der Waals surface area contributed by atoms with Gasteiger partial charge in [-0.05, 0) is 37.6 Å². The Labute approximate surface area is 125 Å². The van der Waals surface area contributed by atoms with Crippen LogP contribution in [-0.2, 0) is 16.6 Å². The number of hydrogen-bond donors (Lipinski definition) is 3. The molecule has 114 valence electrons. The summed E-state index contributed by atoms with van der Waals surface area (Å²) in [5, 5.41) is 3.67. The van der Waals surface area contributed by atoms with Gasteiger partial charge in [0.25, 0.3) is 0 Å². The first-order valence-corrected chi connectivity index (χ1v) is 9.64. The first-order valence-electron chi connectivity index (χ1n) is 7.11. The molecule has 20 heavy (non-hydrogen) atoms. The second-order valence-corrected chi connectivity index (χ2v) is 8.20. The van der Waals surface area contributed by atoms with Crippen LogP contribution in [0.5, 0.6) is 0 Å². The lowest BCUT2D eigenvalue weighted by atomic mass is 10.2. The highest BCUT2D eigenvalue weighted by atomic mass is 32.2. The van der Waals surface area contributed by atoms with Gasteiger partial charge in [0.2, 0.25) is 10.0 Å². The Morgan fingerprint density at radius 3 is 3.05 bits per heavy atom. The van der Waals surface area contributed by atoms with Gasteiger partial charge in [0.1, 0.15) is 0 Å². The molecule has 1 saturated heterocycles. The molecule has 0 aliphatic carbocycles. The van der Waals surface area contributed by atoms with Crippen molar-refractivity contribution in [2.75, 3.05) is 18.8 Å². The van der Waals surface area contributed by atoms with Crippen LogP contribution in [0.25, 0.3) is 0 Å².